The van der Waals surface area contributed by atoms with E-state index in [-0.39, 0.29) is 23.6 Å². The van der Waals surface area contributed by atoms with Crippen LogP contribution in [0.4, 0.5) is 0 Å². The van der Waals surface area contributed by atoms with Crippen molar-refractivity contribution in [2.24, 2.45) is 11.8 Å². The summed E-state index contributed by atoms with van der Waals surface area (Å²) in [6, 6.07) is 5.04. The molecular formula is C17H14ClN2O4S2-. The average molecular weight is 410 g/mol. The average Bonchev–Trinajstić information content (AvgIpc) is 3.05. The van der Waals surface area contributed by atoms with Crippen molar-refractivity contribution in [2.45, 2.75) is 30.3 Å². The van der Waals surface area contributed by atoms with E-state index in [4.69, 9.17) is 11.6 Å². The van der Waals surface area contributed by atoms with Crippen LogP contribution in [-0.4, -0.2) is 39.0 Å². The van der Waals surface area contributed by atoms with E-state index in [9.17, 15) is 19.8 Å². The maximum Gasteiger partial charge on any atom is 0.235 e. The molecule has 9 heteroatoms. The van der Waals surface area contributed by atoms with Crippen molar-refractivity contribution in [1.29, 1.82) is 0 Å². The molecule has 1 saturated heterocycles. The first-order chi connectivity index (χ1) is 12.3. The molecule has 26 heavy (non-hydrogen) atoms. The Morgan fingerprint density at radius 3 is 2.88 bits per heavy atom. The number of fused-ring (bicyclic) bond motifs is 2. The molecule has 4 rings (SSSR count). The lowest BCUT2D eigenvalue weighted by Gasteiger charge is -2.47. The van der Waals surface area contributed by atoms with Crippen LogP contribution in [0.3, 0.4) is 0 Å². The lowest BCUT2D eigenvalue weighted by Crippen LogP contribution is -2.64. The maximum absolute atomic E-state index is 12.3. The Kier molecular flexibility index (Phi) is 4.26. The van der Waals surface area contributed by atoms with Gasteiger partial charge in [0.05, 0.1) is 39.9 Å². The highest BCUT2D eigenvalue weighted by Gasteiger charge is 2.58. The van der Waals surface area contributed by atoms with Gasteiger partial charge in [-0.05, 0) is 25.1 Å². The molecule has 6 nitrogen and oxygen atoms in total. The zero-order valence-corrected chi connectivity index (χ0v) is 16.2. The number of thiazole rings is 1. The fourth-order valence-corrected chi connectivity index (χ4v) is 6.15. The monoisotopic (exact) mass is 409 g/mol. The number of halogens is 1. The first-order valence-electron chi connectivity index (χ1n) is 8.00. The van der Waals surface area contributed by atoms with Crippen LogP contribution in [0.15, 0.2) is 33.1 Å². The molecule has 2 aliphatic rings. The summed E-state index contributed by atoms with van der Waals surface area (Å²) < 4.78 is 1.62. The number of benzene rings is 1. The molecule has 1 aromatic heterocycles. The van der Waals surface area contributed by atoms with Crippen molar-refractivity contribution in [3.8, 4) is 0 Å². The Bertz CT molecular complexity index is 971. The summed E-state index contributed by atoms with van der Waals surface area (Å²) in [5.74, 6) is -2.57. The molecule has 1 aromatic carbocycles. The number of nitrogens with zero attached hydrogens (tertiary/aromatic N) is 2. The van der Waals surface area contributed by atoms with Crippen LogP contribution in [-0.2, 0) is 9.59 Å². The second-order valence-electron chi connectivity index (χ2n) is 6.45. The first-order valence-corrected chi connectivity index (χ1v) is 10.0. The smallest absolute Gasteiger partial charge is 0.235 e. The molecule has 1 N–H and O–H groups in total. The molecule has 0 radical (unpaired) electrons. The molecule has 1 amide bonds. The van der Waals surface area contributed by atoms with Crippen molar-refractivity contribution >= 4 is 56.8 Å². The van der Waals surface area contributed by atoms with Crippen molar-refractivity contribution < 1.29 is 19.8 Å². The van der Waals surface area contributed by atoms with Crippen LogP contribution in [0, 0.1) is 11.8 Å². The molecule has 0 bridgehead atoms. The van der Waals surface area contributed by atoms with E-state index in [2.05, 4.69) is 4.98 Å². The van der Waals surface area contributed by atoms with E-state index in [0.717, 1.165) is 10.2 Å². The number of thioether (sulfide) groups is 1. The Labute approximate surface area is 162 Å². The summed E-state index contributed by atoms with van der Waals surface area (Å²) >= 11 is 8.66. The Morgan fingerprint density at radius 2 is 2.23 bits per heavy atom. The lowest BCUT2D eigenvalue weighted by atomic mass is 9.79. The third-order valence-corrected chi connectivity index (χ3v) is 7.45. The molecule has 0 spiro atoms. The van der Waals surface area contributed by atoms with Crippen LogP contribution in [0.2, 0.25) is 5.02 Å². The Morgan fingerprint density at radius 1 is 1.50 bits per heavy atom. The number of hydrogen-bond donors (Lipinski definition) is 1. The topological polar surface area (TPSA) is 93.6 Å². The minimum Gasteiger partial charge on any atom is -0.543 e. The van der Waals surface area contributed by atoms with Gasteiger partial charge in [-0.15, -0.1) is 11.3 Å². The summed E-state index contributed by atoms with van der Waals surface area (Å²) in [7, 11) is 0. The van der Waals surface area contributed by atoms with Gasteiger partial charge in [-0.25, -0.2) is 4.98 Å². The zero-order chi connectivity index (χ0) is 18.7. The predicted octanol–water partition coefficient (Wildman–Crippen LogP) is 1.86. The van der Waals surface area contributed by atoms with Crippen molar-refractivity contribution in [2.75, 3.05) is 0 Å². The third kappa shape index (κ3) is 2.55. The SMILES string of the molecule is C[C@@H](O)[C@H]1C(=O)N2C(C(=O)[O-])=C(Sc3nc4cc(Cl)ccc4s3)[C@H](C)[C@H]12. The second kappa shape index (κ2) is 6.23. The highest BCUT2D eigenvalue weighted by molar-refractivity contribution is 8.04. The Balaban J connectivity index is 1.72. The van der Waals surface area contributed by atoms with Gasteiger partial charge < -0.3 is 19.9 Å². The van der Waals surface area contributed by atoms with Crippen molar-refractivity contribution in [3.63, 3.8) is 0 Å². The molecule has 2 aromatic rings. The van der Waals surface area contributed by atoms with E-state index < -0.39 is 18.0 Å². The number of aliphatic carboxylic acids is 1. The van der Waals surface area contributed by atoms with Gasteiger partial charge >= 0.3 is 0 Å². The van der Waals surface area contributed by atoms with E-state index in [1.54, 1.807) is 19.1 Å². The minimum atomic E-state index is -1.39. The van der Waals surface area contributed by atoms with Crippen LogP contribution < -0.4 is 5.11 Å². The normalized spacial score (nSPS) is 26.2. The summed E-state index contributed by atoms with van der Waals surface area (Å²) in [6.07, 6.45) is -0.830. The summed E-state index contributed by atoms with van der Waals surface area (Å²) in [5.41, 5.74) is 0.638. The van der Waals surface area contributed by atoms with Gasteiger partial charge in [-0.2, -0.15) is 0 Å². The Hall–Kier alpha value is -1.61. The predicted molar refractivity (Wildman–Crippen MR) is 97.5 cm³/mol. The number of carbonyl (C=O) groups is 2. The van der Waals surface area contributed by atoms with Gasteiger partial charge in [0.1, 0.15) is 0 Å². The first kappa shape index (κ1) is 17.8. The molecule has 0 saturated carbocycles. The molecule has 4 atom stereocenters. The third-order valence-electron chi connectivity index (χ3n) is 4.83. The van der Waals surface area contributed by atoms with Gasteiger partial charge in [-0.1, -0.05) is 30.3 Å². The number of aliphatic hydroxyl groups excluding tert-OH is 1. The van der Waals surface area contributed by atoms with Gasteiger partial charge in [0.15, 0.2) is 4.34 Å². The number of carboxylic acid groups (broad SMARTS) is 1. The molecule has 1 fully saturated rings. The van der Waals surface area contributed by atoms with E-state index in [1.165, 1.54) is 28.0 Å². The number of β-lactam (4-membered cyclic amide) rings is 1. The number of hydrogen-bond acceptors (Lipinski definition) is 7. The fraction of sp³-hybridized carbons (Fsp3) is 0.353. The lowest BCUT2D eigenvalue weighted by molar-refractivity contribution is -0.301. The number of amides is 1. The number of aliphatic hydroxyl groups is 1. The molecule has 0 aliphatic carbocycles. The maximum atomic E-state index is 12.3. The molecule has 3 heterocycles. The van der Waals surface area contributed by atoms with Gasteiger partial charge in [0.2, 0.25) is 5.91 Å². The van der Waals surface area contributed by atoms with Crippen LogP contribution in [0.1, 0.15) is 13.8 Å². The molecule has 0 unspecified atom stereocenters. The summed E-state index contributed by atoms with van der Waals surface area (Å²) in [5, 5.41) is 22.2. The van der Waals surface area contributed by atoms with Gasteiger partial charge in [-0.3, -0.25) is 4.79 Å². The van der Waals surface area contributed by atoms with Crippen molar-refractivity contribution in [1.82, 2.24) is 9.88 Å². The highest BCUT2D eigenvalue weighted by Crippen LogP contribution is 2.52. The zero-order valence-electron chi connectivity index (χ0n) is 13.8. The number of aromatic nitrogens is 1. The highest BCUT2D eigenvalue weighted by atomic mass is 35.5. The van der Waals surface area contributed by atoms with Crippen LogP contribution >= 0.6 is 34.7 Å². The minimum absolute atomic E-state index is 0.105. The van der Waals surface area contributed by atoms with E-state index >= 15 is 0 Å². The number of carbonyl (C=O) groups excluding carboxylic acids is 2. The van der Waals surface area contributed by atoms with Gasteiger partial charge in [0, 0.05) is 15.8 Å². The standard InChI is InChI=1S/C17H15ClN2O4S2/c1-6-12-11(7(2)21)15(22)20(12)13(16(23)24)14(6)26-17-19-9-5-8(18)3-4-10(9)25-17/h3-7,11-12,21H,1-2H3,(H,23,24)/p-1/t6-,7-,11-,12-/m1/s1. The summed E-state index contributed by atoms with van der Waals surface area (Å²) in [6.45, 7) is 3.41. The van der Waals surface area contributed by atoms with Gasteiger partial charge in [0.25, 0.3) is 0 Å². The quantitative estimate of drug-likeness (QED) is 0.774. The van der Waals surface area contributed by atoms with Crippen LogP contribution in [0.25, 0.3) is 10.2 Å². The number of rotatable bonds is 4. The van der Waals surface area contributed by atoms with E-state index in [1.807, 2.05) is 13.0 Å². The summed E-state index contributed by atoms with van der Waals surface area (Å²) in [4.78, 5) is 30.3. The van der Waals surface area contributed by atoms with E-state index in [0.29, 0.717) is 14.3 Å². The number of carboxylic acids is 1. The van der Waals surface area contributed by atoms with Crippen LogP contribution in [0.5, 0.6) is 0 Å². The fourth-order valence-electron chi connectivity index (χ4n) is 3.66. The second-order valence-corrected chi connectivity index (χ2v) is 9.20. The largest absolute Gasteiger partial charge is 0.543 e. The molecular weight excluding hydrogens is 396 g/mol. The molecule has 2 aliphatic heterocycles. The molecule has 136 valence electrons. The van der Waals surface area contributed by atoms with Crippen molar-refractivity contribution in [3.05, 3.63) is 33.8 Å².